The van der Waals surface area contributed by atoms with Crippen molar-refractivity contribution < 1.29 is 9.59 Å². The highest BCUT2D eigenvalue weighted by atomic mass is 16.2. The number of hydrogen-bond acceptors (Lipinski definition) is 5. The first-order chi connectivity index (χ1) is 9.43. The molecule has 1 heterocycles. The molecule has 7 heteroatoms. The second kappa shape index (κ2) is 7.44. The summed E-state index contributed by atoms with van der Waals surface area (Å²) in [6.45, 7) is 6.21. The van der Waals surface area contributed by atoms with E-state index in [0.717, 1.165) is 0 Å². The molecule has 1 atom stereocenters. The number of nitrogens with one attached hydrogen (secondary N) is 3. The summed E-state index contributed by atoms with van der Waals surface area (Å²) in [7, 11) is 0. The van der Waals surface area contributed by atoms with Gasteiger partial charge in [-0.05, 0) is 25.0 Å². The minimum atomic E-state index is -0.615. The number of hydrogen-bond donors (Lipinski definition) is 4. The summed E-state index contributed by atoms with van der Waals surface area (Å²) in [5, 5.41) is 5.35. The molecule has 0 saturated carbocycles. The topological polar surface area (TPSA) is 109 Å². The largest absolute Gasteiger partial charge is 0.354 e. The Morgan fingerprint density at radius 1 is 1.30 bits per heavy atom. The quantitative estimate of drug-likeness (QED) is 0.441. The van der Waals surface area contributed by atoms with Gasteiger partial charge in [0.2, 0.25) is 5.91 Å². The van der Waals surface area contributed by atoms with E-state index in [-0.39, 0.29) is 11.6 Å². The van der Waals surface area contributed by atoms with E-state index in [1.54, 1.807) is 13.0 Å². The molecule has 0 bridgehead atoms. The van der Waals surface area contributed by atoms with Crippen molar-refractivity contribution in [3.05, 3.63) is 24.0 Å². The van der Waals surface area contributed by atoms with E-state index in [4.69, 9.17) is 5.84 Å². The van der Waals surface area contributed by atoms with Crippen LogP contribution in [-0.4, -0.2) is 29.4 Å². The summed E-state index contributed by atoms with van der Waals surface area (Å²) in [6, 6.07) is 2.55. The molecule has 1 unspecified atom stereocenters. The summed E-state index contributed by atoms with van der Waals surface area (Å²) in [4.78, 5) is 27.6. The van der Waals surface area contributed by atoms with Crippen molar-refractivity contribution in [3.63, 3.8) is 0 Å². The van der Waals surface area contributed by atoms with Gasteiger partial charge >= 0.3 is 0 Å². The van der Waals surface area contributed by atoms with E-state index in [1.807, 2.05) is 13.8 Å². The molecule has 2 amide bonds. The molecule has 1 aromatic heterocycles. The molecule has 20 heavy (non-hydrogen) atoms. The van der Waals surface area contributed by atoms with E-state index in [1.165, 1.54) is 12.3 Å². The molecular formula is C13H21N5O2. The first-order valence-corrected chi connectivity index (χ1v) is 6.45. The fraction of sp³-hybridized carbons (Fsp3) is 0.462. The average Bonchev–Trinajstić information content (AvgIpc) is 2.44. The number of carbonyl (C=O) groups excluding carboxylic acids is 2. The molecule has 0 saturated heterocycles. The van der Waals surface area contributed by atoms with Gasteiger partial charge in [0.05, 0.1) is 11.9 Å². The molecule has 0 radical (unpaired) electrons. The Morgan fingerprint density at radius 3 is 2.50 bits per heavy atom. The number of carbonyl (C=O) groups is 2. The van der Waals surface area contributed by atoms with Crippen molar-refractivity contribution >= 4 is 17.5 Å². The van der Waals surface area contributed by atoms with E-state index in [2.05, 4.69) is 21.0 Å². The number of nitrogens with zero attached hydrogens (tertiary/aromatic N) is 1. The Morgan fingerprint density at radius 2 is 2.00 bits per heavy atom. The van der Waals surface area contributed by atoms with Gasteiger partial charge in [-0.2, -0.15) is 0 Å². The lowest BCUT2D eigenvalue weighted by Gasteiger charge is -2.15. The van der Waals surface area contributed by atoms with Crippen molar-refractivity contribution in [3.8, 4) is 0 Å². The number of nitrogens with two attached hydrogens (primary N) is 1. The van der Waals surface area contributed by atoms with Crippen LogP contribution in [0.4, 0.5) is 5.69 Å². The lowest BCUT2D eigenvalue weighted by molar-refractivity contribution is -0.122. The van der Waals surface area contributed by atoms with Crippen molar-refractivity contribution in [2.24, 2.45) is 11.8 Å². The Bertz CT molecular complexity index is 458. The highest BCUT2D eigenvalue weighted by Gasteiger charge is 2.17. The number of rotatable bonds is 6. The molecule has 0 fully saturated rings. The number of hydrazine groups is 1. The smallest absolute Gasteiger partial charge is 0.270 e. The molecule has 110 valence electrons. The molecule has 5 N–H and O–H groups in total. The fourth-order valence-corrected chi connectivity index (χ4v) is 1.41. The van der Waals surface area contributed by atoms with Crippen molar-refractivity contribution in [1.82, 2.24) is 15.6 Å². The maximum Gasteiger partial charge on any atom is 0.270 e. The minimum Gasteiger partial charge on any atom is -0.354 e. The lowest BCUT2D eigenvalue weighted by atomic mass is 10.2. The molecule has 0 aliphatic rings. The summed E-state index contributed by atoms with van der Waals surface area (Å²) in [5.74, 6) is 4.95. The number of nitrogen functional groups attached to an aromatic ring is 1. The van der Waals surface area contributed by atoms with Gasteiger partial charge in [-0.1, -0.05) is 13.8 Å². The highest BCUT2D eigenvalue weighted by molar-refractivity contribution is 5.96. The first-order valence-electron chi connectivity index (χ1n) is 6.45. The second-order valence-corrected chi connectivity index (χ2v) is 4.91. The zero-order chi connectivity index (χ0) is 15.1. The molecule has 0 spiro atoms. The van der Waals surface area contributed by atoms with Crippen molar-refractivity contribution in [2.75, 3.05) is 12.0 Å². The second-order valence-electron chi connectivity index (χ2n) is 4.91. The van der Waals surface area contributed by atoms with E-state index in [0.29, 0.717) is 18.2 Å². The molecule has 1 rings (SSSR count). The van der Waals surface area contributed by atoms with Crippen LogP contribution in [-0.2, 0) is 4.79 Å². The van der Waals surface area contributed by atoms with Gasteiger partial charge in [-0.25, -0.2) is 4.98 Å². The van der Waals surface area contributed by atoms with E-state index >= 15 is 0 Å². The average molecular weight is 279 g/mol. The molecular weight excluding hydrogens is 258 g/mol. The number of pyridine rings is 1. The van der Waals surface area contributed by atoms with Gasteiger partial charge < -0.3 is 16.1 Å². The molecule has 0 aliphatic heterocycles. The highest BCUT2D eigenvalue weighted by Crippen LogP contribution is 2.04. The van der Waals surface area contributed by atoms with Gasteiger partial charge in [0.25, 0.3) is 5.91 Å². The van der Waals surface area contributed by atoms with Gasteiger partial charge in [0, 0.05) is 6.54 Å². The van der Waals surface area contributed by atoms with E-state index < -0.39 is 11.9 Å². The molecule has 0 aromatic carbocycles. The molecule has 7 nitrogen and oxygen atoms in total. The Hall–Kier alpha value is -2.15. The van der Waals surface area contributed by atoms with Gasteiger partial charge in [0.15, 0.2) is 0 Å². The maximum absolute atomic E-state index is 11.9. The maximum atomic E-state index is 11.9. The first kappa shape index (κ1) is 15.9. The van der Waals surface area contributed by atoms with Crippen LogP contribution < -0.4 is 21.9 Å². The predicted molar refractivity (Wildman–Crippen MR) is 76.8 cm³/mol. The normalized spacial score (nSPS) is 11.8. The van der Waals surface area contributed by atoms with Gasteiger partial charge in [-0.3, -0.25) is 15.4 Å². The predicted octanol–water partition coefficient (Wildman–Crippen LogP) is 0.258. The Labute approximate surface area is 118 Å². The zero-order valence-corrected chi connectivity index (χ0v) is 11.9. The third-order valence-corrected chi connectivity index (χ3v) is 2.59. The van der Waals surface area contributed by atoms with Crippen LogP contribution in [0.2, 0.25) is 0 Å². The standard InChI is InChI=1S/C13H21N5O2/c1-8(2)6-16-12(19)9(3)17-13(20)11-5-4-10(18-14)7-15-11/h4-5,7-9,18H,6,14H2,1-3H3,(H,16,19)(H,17,20). The number of anilines is 1. The van der Waals surface area contributed by atoms with Crippen molar-refractivity contribution in [2.45, 2.75) is 26.8 Å². The van der Waals surface area contributed by atoms with Crippen LogP contribution in [0.3, 0.4) is 0 Å². The lowest BCUT2D eigenvalue weighted by Crippen LogP contribution is -2.45. The summed E-state index contributed by atoms with van der Waals surface area (Å²) >= 11 is 0. The zero-order valence-electron chi connectivity index (χ0n) is 11.9. The molecule has 0 aliphatic carbocycles. The van der Waals surface area contributed by atoms with Crippen LogP contribution in [0.25, 0.3) is 0 Å². The monoisotopic (exact) mass is 279 g/mol. The van der Waals surface area contributed by atoms with Crippen LogP contribution >= 0.6 is 0 Å². The molecule has 1 aromatic rings. The Kier molecular flexibility index (Phi) is 5.92. The SMILES string of the molecule is CC(C)CNC(=O)C(C)NC(=O)c1ccc(NN)cn1. The van der Waals surface area contributed by atoms with E-state index in [9.17, 15) is 9.59 Å². The third kappa shape index (κ3) is 4.85. The van der Waals surface area contributed by atoms with Gasteiger partial charge in [0.1, 0.15) is 11.7 Å². The van der Waals surface area contributed by atoms with Crippen LogP contribution in [0.5, 0.6) is 0 Å². The fourth-order valence-electron chi connectivity index (χ4n) is 1.41. The van der Waals surface area contributed by atoms with Gasteiger partial charge in [-0.15, -0.1) is 0 Å². The van der Waals surface area contributed by atoms with Crippen LogP contribution in [0, 0.1) is 5.92 Å². The van der Waals surface area contributed by atoms with Crippen molar-refractivity contribution in [1.29, 1.82) is 0 Å². The van der Waals surface area contributed by atoms with Crippen LogP contribution in [0.1, 0.15) is 31.3 Å². The van der Waals surface area contributed by atoms with Crippen LogP contribution in [0.15, 0.2) is 18.3 Å². The third-order valence-electron chi connectivity index (χ3n) is 2.59. The number of amides is 2. The summed E-state index contributed by atoms with van der Waals surface area (Å²) in [6.07, 6.45) is 1.44. The minimum absolute atomic E-state index is 0.215. The summed E-state index contributed by atoms with van der Waals surface area (Å²) < 4.78 is 0. The Balaban J connectivity index is 2.53. The summed E-state index contributed by atoms with van der Waals surface area (Å²) in [5.41, 5.74) is 3.25. The number of aromatic nitrogens is 1.